The van der Waals surface area contributed by atoms with Gasteiger partial charge in [0.25, 0.3) is 11.6 Å². The van der Waals surface area contributed by atoms with Crippen molar-refractivity contribution in [2.24, 2.45) is 0 Å². The van der Waals surface area contributed by atoms with E-state index in [1.54, 1.807) is 42.0 Å². The summed E-state index contributed by atoms with van der Waals surface area (Å²) in [7, 11) is 1.55. The lowest BCUT2D eigenvalue weighted by atomic mass is 10.2. The first-order chi connectivity index (χ1) is 16.4. The number of nitrogens with one attached hydrogen (secondary N) is 2. The lowest BCUT2D eigenvalue weighted by Gasteiger charge is -2.09. The number of hydrogen-bond donors (Lipinski definition) is 2. The summed E-state index contributed by atoms with van der Waals surface area (Å²) in [6.07, 6.45) is 1.67. The second kappa shape index (κ2) is 11.6. The third kappa shape index (κ3) is 6.42. The number of amides is 2. The Labute approximate surface area is 199 Å². The van der Waals surface area contributed by atoms with Gasteiger partial charge in [0.15, 0.2) is 11.0 Å². The monoisotopic (exact) mass is 482 g/mol. The molecule has 0 fully saturated rings. The summed E-state index contributed by atoms with van der Waals surface area (Å²) in [6.45, 7) is 4.27. The molecular weight excluding hydrogens is 460 g/mol. The number of non-ortho nitro benzene ring substituents is 1. The standard InChI is InChI=1S/C22H22N6O5S/c1-3-12-27-19(13-23-21(30)15-4-10-18(33-2)11-5-15)25-26-22(27)34-14-20(29)24-16-6-8-17(9-7-16)28(31)32/h3-11H,1,12-14H2,2H3,(H,23,30)(H,24,29). The topological polar surface area (TPSA) is 141 Å². The van der Waals surface area contributed by atoms with Gasteiger partial charge in [-0.2, -0.15) is 0 Å². The summed E-state index contributed by atoms with van der Waals surface area (Å²) < 4.78 is 6.85. The fraction of sp³-hybridized carbons (Fsp3) is 0.182. The quantitative estimate of drug-likeness (QED) is 0.184. The predicted molar refractivity (Wildman–Crippen MR) is 127 cm³/mol. The largest absolute Gasteiger partial charge is 0.497 e. The Morgan fingerprint density at radius 3 is 2.50 bits per heavy atom. The minimum atomic E-state index is -0.509. The number of nitro benzene ring substituents is 1. The number of anilines is 1. The Balaban J connectivity index is 1.58. The van der Waals surface area contributed by atoms with Crippen LogP contribution in [0.1, 0.15) is 16.2 Å². The Bertz CT molecular complexity index is 1180. The zero-order valence-corrected chi connectivity index (χ0v) is 19.1. The van der Waals surface area contributed by atoms with E-state index >= 15 is 0 Å². The molecule has 0 atom stereocenters. The summed E-state index contributed by atoms with van der Waals surface area (Å²) in [5.74, 6) is 0.639. The maximum absolute atomic E-state index is 12.4. The number of nitrogens with zero attached hydrogens (tertiary/aromatic N) is 4. The molecule has 12 heteroatoms. The molecular formula is C22H22N6O5S. The highest BCUT2D eigenvalue weighted by atomic mass is 32.2. The first-order valence-electron chi connectivity index (χ1n) is 10.0. The van der Waals surface area contributed by atoms with Crippen molar-refractivity contribution in [1.29, 1.82) is 0 Å². The van der Waals surface area contributed by atoms with Crippen LogP contribution < -0.4 is 15.4 Å². The molecule has 0 aliphatic carbocycles. The second-order valence-electron chi connectivity index (χ2n) is 6.85. The third-order valence-corrected chi connectivity index (χ3v) is 5.53. The van der Waals surface area contributed by atoms with Gasteiger partial charge in [0, 0.05) is 29.9 Å². The van der Waals surface area contributed by atoms with Crippen molar-refractivity contribution in [2.75, 3.05) is 18.2 Å². The molecule has 0 bridgehead atoms. The highest BCUT2D eigenvalue weighted by Crippen LogP contribution is 2.19. The highest BCUT2D eigenvalue weighted by Gasteiger charge is 2.15. The van der Waals surface area contributed by atoms with E-state index in [4.69, 9.17) is 4.74 Å². The average molecular weight is 483 g/mol. The number of carbonyl (C=O) groups excluding carboxylic acids is 2. The predicted octanol–water partition coefficient (Wildman–Crippen LogP) is 3.04. The number of hydrogen-bond acceptors (Lipinski definition) is 8. The number of aromatic nitrogens is 3. The highest BCUT2D eigenvalue weighted by molar-refractivity contribution is 7.99. The van der Waals surface area contributed by atoms with Crippen LogP contribution in [0.2, 0.25) is 0 Å². The number of benzene rings is 2. The van der Waals surface area contributed by atoms with Gasteiger partial charge in [-0.3, -0.25) is 19.7 Å². The molecule has 176 valence electrons. The first kappa shape index (κ1) is 24.5. The SMILES string of the molecule is C=CCn1c(CNC(=O)c2ccc(OC)cc2)nnc1SCC(=O)Nc1ccc([N+](=O)[O-])cc1. The Hall–Kier alpha value is -4.19. The Kier molecular flexibility index (Phi) is 8.35. The van der Waals surface area contributed by atoms with E-state index in [0.29, 0.717) is 34.5 Å². The van der Waals surface area contributed by atoms with Gasteiger partial charge in [0.05, 0.1) is 24.3 Å². The van der Waals surface area contributed by atoms with Crippen molar-refractivity contribution in [3.05, 3.63) is 82.7 Å². The number of methoxy groups -OCH3 is 1. The summed E-state index contributed by atoms with van der Waals surface area (Å²) in [5.41, 5.74) is 0.871. The number of nitro groups is 1. The van der Waals surface area contributed by atoms with Gasteiger partial charge in [0.1, 0.15) is 5.75 Å². The van der Waals surface area contributed by atoms with Crippen LogP contribution in [0.15, 0.2) is 66.3 Å². The molecule has 0 spiro atoms. The molecule has 0 aliphatic heterocycles. The molecule has 0 aliphatic rings. The molecule has 2 aromatic carbocycles. The molecule has 0 saturated carbocycles. The number of thioether (sulfide) groups is 1. The average Bonchev–Trinajstić information content (AvgIpc) is 3.23. The smallest absolute Gasteiger partial charge is 0.269 e. The number of allylic oxidation sites excluding steroid dienone is 1. The van der Waals surface area contributed by atoms with Gasteiger partial charge in [-0.25, -0.2) is 0 Å². The van der Waals surface area contributed by atoms with Crippen molar-refractivity contribution in [1.82, 2.24) is 20.1 Å². The summed E-state index contributed by atoms with van der Waals surface area (Å²) in [6, 6.07) is 12.3. The summed E-state index contributed by atoms with van der Waals surface area (Å²) in [5, 5.41) is 25.0. The lowest BCUT2D eigenvalue weighted by molar-refractivity contribution is -0.384. The van der Waals surface area contributed by atoms with Crippen molar-refractivity contribution in [2.45, 2.75) is 18.2 Å². The van der Waals surface area contributed by atoms with Crippen molar-refractivity contribution >= 4 is 35.0 Å². The zero-order valence-electron chi connectivity index (χ0n) is 18.3. The number of ether oxygens (including phenoxy) is 1. The summed E-state index contributed by atoms with van der Waals surface area (Å²) in [4.78, 5) is 34.9. The van der Waals surface area contributed by atoms with Crippen LogP contribution in [0.5, 0.6) is 5.75 Å². The van der Waals surface area contributed by atoms with E-state index in [9.17, 15) is 19.7 Å². The minimum absolute atomic E-state index is 0.0461. The third-order valence-electron chi connectivity index (χ3n) is 4.56. The van der Waals surface area contributed by atoms with E-state index < -0.39 is 4.92 Å². The van der Waals surface area contributed by atoms with E-state index in [1.165, 1.54) is 36.0 Å². The van der Waals surface area contributed by atoms with Crippen molar-refractivity contribution in [3.8, 4) is 5.75 Å². The molecule has 2 N–H and O–H groups in total. The van der Waals surface area contributed by atoms with E-state index in [2.05, 4.69) is 27.4 Å². The molecule has 3 rings (SSSR count). The molecule has 0 unspecified atom stereocenters. The van der Waals surface area contributed by atoms with Crippen LogP contribution in [0.4, 0.5) is 11.4 Å². The molecule has 0 saturated heterocycles. The zero-order chi connectivity index (χ0) is 24.5. The molecule has 2 amide bonds. The van der Waals surface area contributed by atoms with Crippen LogP contribution in [-0.2, 0) is 17.9 Å². The van der Waals surface area contributed by atoms with E-state index in [0.717, 1.165) is 0 Å². The van der Waals surface area contributed by atoms with Gasteiger partial charge in [-0.1, -0.05) is 17.8 Å². The lowest BCUT2D eigenvalue weighted by Crippen LogP contribution is -2.24. The Morgan fingerprint density at radius 1 is 1.18 bits per heavy atom. The fourth-order valence-corrected chi connectivity index (χ4v) is 3.63. The van der Waals surface area contributed by atoms with Crippen LogP contribution in [0.3, 0.4) is 0 Å². The van der Waals surface area contributed by atoms with Crippen LogP contribution in [0.25, 0.3) is 0 Å². The van der Waals surface area contributed by atoms with Gasteiger partial charge < -0.3 is 19.9 Å². The van der Waals surface area contributed by atoms with Crippen LogP contribution in [0, 0.1) is 10.1 Å². The second-order valence-corrected chi connectivity index (χ2v) is 7.79. The Morgan fingerprint density at radius 2 is 1.88 bits per heavy atom. The van der Waals surface area contributed by atoms with Crippen molar-refractivity contribution in [3.63, 3.8) is 0 Å². The molecule has 34 heavy (non-hydrogen) atoms. The molecule has 1 heterocycles. The van der Waals surface area contributed by atoms with Gasteiger partial charge >= 0.3 is 0 Å². The van der Waals surface area contributed by atoms with Gasteiger partial charge in [-0.15, -0.1) is 16.8 Å². The van der Waals surface area contributed by atoms with E-state index in [-0.39, 0.29) is 29.8 Å². The normalized spacial score (nSPS) is 10.4. The van der Waals surface area contributed by atoms with E-state index in [1.807, 2.05) is 0 Å². The maximum atomic E-state index is 12.4. The van der Waals surface area contributed by atoms with Crippen LogP contribution in [-0.4, -0.2) is 44.4 Å². The first-order valence-corrected chi connectivity index (χ1v) is 11.0. The molecule has 1 aromatic heterocycles. The number of rotatable bonds is 11. The molecule has 11 nitrogen and oxygen atoms in total. The van der Waals surface area contributed by atoms with Crippen molar-refractivity contribution < 1.29 is 19.2 Å². The van der Waals surface area contributed by atoms with Gasteiger partial charge in [0.2, 0.25) is 5.91 Å². The maximum Gasteiger partial charge on any atom is 0.269 e. The van der Waals surface area contributed by atoms with Crippen LogP contribution >= 0.6 is 11.8 Å². The molecule has 3 aromatic rings. The summed E-state index contributed by atoms with van der Waals surface area (Å²) >= 11 is 1.17. The van der Waals surface area contributed by atoms with Gasteiger partial charge in [-0.05, 0) is 36.4 Å². The minimum Gasteiger partial charge on any atom is -0.497 e. The fourth-order valence-electron chi connectivity index (χ4n) is 2.87. The number of carbonyl (C=O) groups is 2. The molecule has 0 radical (unpaired) electrons.